The summed E-state index contributed by atoms with van der Waals surface area (Å²) < 4.78 is 6.92. The molecule has 0 aliphatic carbocycles. The van der Waals surface area contributed by atoms with Crippen molar-refractivity contribution in [2.45, 2.75) is 31.8 Å². The first-order chi connectivity index (χ1) is 11.0. The number of hydrogen-bond acceptors (Lipinski definition) is 3. The third-order valence-corrected chi connectivity index (χ3v) is 4.16. The van der Waals surface area contributed by atoms with Crippen molar-refractivity contribution < 1.29 is 19.4 Å². The van der Waals surface area contributed by atoms with Crippen molar-refractivity contribution in [3.63, 3.8) is 0 Å². The van der Waals surface area contributed by atoms with E-state index in [9.17, 15) is 9.59 Å². The van der Waals surface area contributed by atoms with E-state index in [2.05, 4.69) is 21.2 Å². The topological polar surface area (TPSA) is 78.9 Å². The van der Waals surface area contributed by atoms with Gasteiger partial charge in [-0.1, -0.05) is 22.0 Å². The zero-order chi connectivity index (χ0) is 16.7. The predicted octanol–water partition coefficient (Wildman–Crippen LogP) is 2.87. The first kappa shape index (κ1) is 17.6. The van der Waals surface area contributed by atoms with Gasteiger partial charge in [0.05, 0.1) is 0 Å². The number of carbonyl (C=O) groups is 2. The van der Waals surface area contributed by atoms with E-state index in [4.69, 9.17) is 9.84 Å². The quantitative estimate of drug-likeness (QED) is 0.739. The van der Waals surface area contributed by atoms with Crippen molar-refractivity contribution in [1.29, 1.82) is 0 Å². The van der Waals surface area contributed by atoms with E-state index in [1.54, 1.807) is 4.90 Å². The normalized spacial score (nSPS) is 15.3. The van der Waals surface area contributed by atoms with Crippen LogP contribution in [0, 0.1) is 0 Å². The van der Waals surface area contributed by atoms with Crippen LogP contribution in [0.4, 0.5) is 4.79 Å². The molecule has 1 aromatic carbocycles. The predicted molar refractivity (Wildman–Crippen MR) is 89.6 cm³/mol. The van der Waals surface area contributed by atoms with Crippen molar-refractivity contribution in [3.8, 4) is 5.75 Å². The van der Waals surface area contributed by atoms with Crippen LogP contribution >= 0.6 is 15.9 Å². The van der Waals surface area contributed by atoms with Gasteiger partial charge in [-0.05, 0) is 24.6 Å². The standard InChI is InChI=1S/C16H21BrN2O4/c17-12-3-1-4-14(11-12)23-13-6-9-19(10-7-13)16(22)18-8-2-5-15(20)21/h1,3-4,11,13H,2,5-10H2,(H,18,22)(H,20,21). The minimum Gasteiger partial charge on any atom is -0.490 e. The van der Waals surface area contributed by atoms with Crippen LogP contribution in [0.2, 0.25) is 0 Å². The van der Waals surface area contributed by atoms with Gasteiger partial charge in [0.1, 0.15) is 11.9 Å². The molecule has 1 fully saturated rings. The van der Waals surface area contributed by atoms with E-state index in [1.165, 1.54) is 0 Å². The summed E-state index contributed by atoms with van der Waals surface area (Å²) in [6, 6.07) is 7.60. The van der Waals surface area contributed by atoms with Crippen LogP contribution in [0.1, 0.15) is 25.7 Å². The lowest BCUT2D eigenvalue weighted by atomic mass is 10.1. The minimum absolute atomic E-state index is 0.0723. The lowest BCUT2D eigenvalue weighted by Crippen LogP contribution is -2.46. The number of likely N-dealkylation sites (tertiary alicyclic amines) is 1. The first-order valence-corrected chi connectivity index (χ1v) is 8.50. The van der Waals surface area contributed by atoms with Gasteiger partial charge < -0.3 is 20.1 Å². The van der Waals surface area contributed by atoms with E-state index in [1.807, 2.05) is 24.3 Å². The number of nitrogens with zero attached hydrogens (tertiary/aromatic N) is 1. The van der Waals surface area contributed by atoms with Crippen LogP contribution in [0.15, 0.2) is 28.7 Å². The Balaban J connectivity index is 1.69. The third kappa shape index (κ3) is 6.09. The molecular formula is C16H21BrN2O4. The number of carboxylic acid groups (broad SMARTS) is 1. The van der Waals surface area contributed by atoms with Crippen molar-refractivity contribution in [1.82, 2.24) is 10.2 Å². The van der Waals surface area contributed by atoms with Gasteiger partial charge >= 0.3 is 12.0 Å². The first-order valence-electron chi connectivity index (χ1n) is 7.71. The van der Waals surface area contributed by atoms with Crippen LogP contribution in [-0.2, 0) is 4.79 Å². The molecule has 2 rings (SSSR count). The zero-order valence-corrected chi connectivity index (χ0v) is 14.4. The second kappa shape index (κ2) is 8.76. The number of rotatable bonds is 6. The Morgan fingerprint density at radius 3 is 2.74 bits per heavy atom. The molecule has 126 valence electrons. The van der Waals surface area contributed by atoms with Gasteiger partial charge in [0.25, 0.3) is 0 Å². The maximum atomic E-state index is 12.0. The maximum absolute atomic E-state index is 12.0. The average Bonchev–Trinajstić information content (AvgIpc) is 2.52. The number of carboxylic acids is 1. The molecule has 1 heterocycles. The van der Waals surface area contributed by atoms with Gasteiger partial charge in [0, 0.05) is 43.4 Å². The molecule has 23 heavy (non-hydrogen) atoms. The number of carbonyl (C=O) groups excluding carboxylic acids is 1. The molecule has 6 nitrogen and oxygen atoms in total. The Hall–Kier alpha value is -1.76. The maximum Gasteiger partial charge on any atom is 0.317 e. The van der Waals surface area contributed by atoms with Gasteiger partial charge in [-0.25, -0.2) is 4.79 Å². The molecule has 0 aromatic heterocycles. The molecule has 0 bridgehead atoms. The minimum atomic E-state index is -0.843. The number of nitrogens with one attached hydrogen (secondary N) is 1. The molecule has 0 unspecified atom stereocenters. The summed E-state index contributed by atoms with van der Waals surface area (Å²) in [4.78, 5) is 24.1. The summed E-state index contributed by atoms with van der Waals surface area (Å²) in [7, 11) is 0. The highest BCUT2D eigenvalue weighted by Gasteiger charge is 2.23. The van der Waals surface area contributed by atoms with Crippen molar-refractivity contribution in [3.05, 3.63) is 28.7 Å². The number of urea groups is 1. The Morgan fingerprint density at radius 1 is 1.35 bits per heavy atom. The van der Waals surface area contributed by atoms with E-state index in [-0.39, 0.29) is 18.6 Å². The smallest absolute Gasteiger partial charge is 0.317 e. The summed E-state index contributed by atoms with van der Waals surface area (Å²) in [5.74, 6) is -0.0132. The summed E-state index contributed by atoms with van der Waals surface area (Å²) >= 11 is 3.42. The van der Waals surface area contributed by atoms with Gasteiger partial charge in [0.2, 0.25) is 0 Å². The van der Waals surface area contributed by atoms with Crippen LogP contribution in [0.3, 0.4) is 0 Å². The fourth-order valence-electron chi connectivity index (χ4n) is 2.46. The lowest BCUT2D eigenvalue weighted by molar-refractivity contribution is -0.137. The molecule has 0 spiro atoms. The Kier molecular flexibility index (Phi) is 6.70. The van der Waals surface area contributed by atoms with Crippen molar-refractivity contribution >= 4 is 27.9 Å². The van der Waals surface area contributed by atoms with E-state index in [0.717, 1.165) is 23.1 Å². The average molecular weight is 385 g/mol. The monoisotopic (exact) mass is 384 g/mol. The molecule has 2 amide bonds. The number of ether oxygens (including phenoxy) is 1. The Morgan fingerprint density at radius 2 is 2.09 bits per heavy atom. The van der Waals surface area contributed by atoms with Crippen molar-refractivity contribution in [2.75, 3.05) is 19.6 Å². The molecule has 1 aromatic rings. The van der Waals surface area contributed by atoms with Crippen LogP contribution in [-0.4, -0.2) is 47.7 Å². The van der Waals surface area contributed by atoms with Gasteiger partial charge in [0.15, 0.2) is 0 Å². The summed E-state index contributed by atoms with van der Waals surface area (Å²) in [5.41, 5.74) is 0. The number of halogens is 1. The number of amides is 2. The molecule has 0 radical (unpaired) electrons. The number of hydrogen-bond donors (Lipinski definition) is 2. The second-order valence-electron chi connectivity index (χ2n) is 5.49. The Labute approximate surface area is 143 Å². The molecule has 1 saturated heterocycles. The fourth-order valence-corrected chi connectivity index (χ4v) is 2.83. The zero-order valence-electron chi connectivity index (χ0n) is 12.8. The molecule has 1 aliphatic heterocycles. The van der Waals surface area contributed by atoms with Gasteiger partial charge in [-0.15, -0.1) is 0 Å². The molecule has 7 heteroatoms. The van der Waals surface area contributed by atoms with E-state index < -0.39 is 5.97 Å². The highest BCUT2D eigenvalue weighted by atomic mass is 79.9. The Bertz CT molecular complexity index is 545. The number of aliphatic carboxylic acids is 1. The van der Waals surface area contributed by atoms with Crippen LogP contribution in [0.25, 0.3) is 0 Å². The summed E-state index contributed by atoms with van der Waals surface area (Å²) in [5, 5.41) is 11.3. The van der Waals surface area contributed by atoms with E-state index >= 15 is 0 Å². The summed E-state index contributed by atoms with van der Waals surface area (Å²) in [6.07, 6.45) is 2.21. The SMILES string of the molecule is O=C(O)CCCNC(=O)N1CCC(Oc2cccc(Br)c2)CC1. The second-order valence-corrected chi connectivity index (χ2v) is 6.41. The molecule has 0 atom stereocenters. The third-order valence-electron chi connectivity index (χ3n) is 3.67. The highest BCUT2D eigenvalue weighted by molar-refractivity contribution is 9.10. The highest BCUT2D eigenvalue weighted by Crippen LogP contribution is 2.22. The number of benzene rings is 1. The van der Waals surface area contributed by atoms with Crippen LogP contribution < -0.4 is 10.1 Å². The van der Waals surface area contributed by atoms with E-state index in [0.29, 0.717) is 26.1 Å². The van der Waals surface area contributed by atoms with Gasteiger partial charge in [-0.2, -0.15) is 0 Å². The van der Waals surface area contributed by atoms with Crippen molar-refractivity contribution in [2.24, 2.45) is 0 Å². The molecule has 2 N–H and O–H groups in total. The number of piperidine rings is 1. The lowest BCUT2D eigenvalue weighted by Gasteiger charge is -2.32. The molecular weight excluding hydrogens is 364 g/mol. The fraction of sp³-hybridized carbons (Fsp3) is 0.500. The largest absolute Gasteiger partial charge is 0.490 e. The molecule has 0 saturated carbocycles. The van der Waals surface area contributed by atoms with Gasteiger partial charge in [-0.3, -0.25) is 4.79 Å². The van der Waals surface area contributed by atoms with Crippen LogP contribution in [0.5, 0.6) is 5.75 Å². The molecule has 1 aliphatic rings. The summed E-state index contributed by atoms with van der Waals surface area (Å²) in [6.45, 7) is 1.67.